The van der Waals surface area contributed by atoms with Crippen LogP contribution in [0.5, 0.6) is 0 Å². The van der Waals surface area contributed by atoms with Gasteiger partial charge in [0.1, 0.15) is 17.7 Å². The number of carbonyl (C=O) groups is 3. The Labute approximate surface area is 309 Å². The maximum Gasteiger partial charge on any atom is 0.405 e. The molecule has 0 bridgehead atoms. The Balaban J connectivity index is 0.981. The molecular formula is C40H50N8O5. The molecule has 0 spiro atoms. The van der Waals surface area contributed by atoms with E-state index < -0.39 is 12.1 Å². The highest BCUT2D eigenvalue weighted by Gasteiger charge is 2.38. The smallest absolute Gasteiger partial charge is 0.405 e. The monoisotopic (exact) mass is 722 g/mol. The number of nitrogens with zero attached hydrogens (tertiary/aromatic N) is 4. The second-order valence-electron chi connectivity index (χ2n) is 14.8. The molecule has 4 atom stereocenters. The van der Waals surface area contributed by atoms with Crippen molar-refractivity contribution in [2.75, 3.05) is 26.3 Å². The SMILES string of the molecule is CC(C)[C@H](NC(=O)O)C(=O)N1CCC[C@H]1c1ncc(-c2ccc(-c3ccc(-c4cnc([C@@H]5CCCN5C(=O)[C@H](C)NC5CCOCC5)[nH]4)cc3)cc2)[nH]1. The highest BCUT2D eigenvalue weighted by molar-refractivity contribution is 5.86. The Morgan fingerprint density at radius 2 is 1.21 bits per heavy atom. The summed E-state index contributed by atoms with van der Waals surface area (Å²) < 4.78 is 5.47. The Kier molecular flexibility index (Phi) is 10.9. The summed E-state index contributed by atoms with van der Waals surface area (Å²) in [6.07, 6.45) is 7.75. The number of carboxylic acid groups (broad SMARTS) is 1. The molecule has 5 heterocycles. The van der Waals surface area contributed by atoms with Crippen molar-refractivity contribution in [1.29, 1.82) is 0 Å². The third-order valence-corrected chi connectivity index (χ3v) is 10.9. The molecule has 3 saturated heterocycles. The van der Waals surface area contributed by atoms with Gasteiger partial charge in [0.25, 0.3) is 0 Å². The maximum atomic E-state index is 13.5. The van der Waals surface area contributed by atoms with Crippen LogP contribution in [-0.4, -0.2) is 97.2 Å². The van der Waals surface area contributed by atoms with Crippen LogP contribution in [-0.2, 0) is 14.3 Å². The van der Waals surface area contributed by atoms with E-state index in [9.17, 15) is 19.5 Å². The van der Waals surface area contributed by atoms with Crippen molar-refractivity contribution in [3.8, 4) is 33.6 Å². The fourth-order valence-corrected chi connectivity index (χ4v) is 7.98. The highest BCUT2D eigenvalue weighted by atomic mass is 16.5. The molecule has 0 radical (unpaired) electrons. The number of amides is 3. The fourth-order valence-electron chi connectivity index (χ4n) is 7.98. The van der Waals surface area contributed by atoms with Crippen LogP contribution in [0.2, 0.25) is 0 Å². The van der Waals surface area contributed by atoms with Crippen molar-refractivity contribution in [2.24, 2.45) is 5.92 Å². The molecule has 3 fully saturated rings. The van der Waals surface area contributed by atoms with E-state index >= 15 is 0 Å². The average molecular weight is 723 g/mol. The van der Waals surface area contributed by atoms with E-state index in [2.05, 4.69) is 74.1 Å². The van der Waals surface area contributed by atoms with E-state index in [0.29, 0.717) is 18.4 Å². The zero-order valence-electron chi connectivity index (χ0n) is 30.7. The van der Waals surface area contributed by atoms with Crippen LogP contribution in [0.3, 0.4) is 0 Å². The molecular weight excluding hydrogens is 672 g/mol. The predicted octanol–water partition coefficient (Wildman–Crippen LogP) is 5.91. The first kappa shape index (κ1) is 36.4. The van der Waals surface area contributed by atoms with Crippen LogP contribution in [0.4, 0.5) is 4.79 Å². The number of aromatic nitrogens is 4. The molecule has 3 amide bonds. The number of nitrogens with one attached hydrogen (secondary N) is 4. The number of rotatable bonds is 11. The molecule has 280 valence electrons. The van der Waals surface area contributed by atoms with Gasteiger partial charge in [-0.3, -0.25) is 9.59 Å². The van der Waals surface area contributed by atoms with Gasteiger partial charge in [0.15, 0.2) is 0 Å². The molecule has 53 heavy (non-hydrogen) atoms. The lowest BCUT2D eigenvalue weighted by atomic mass is 10.0. The minimum atomic E-state index is -1.20. The predicted molar refractivity (Wildman–Crippen MR) is 201 cm³/mol. The second kappa shape index (κ2) is 15.9. The van der Waals surface area contributed by atoms with E-state index in [1.807, 2.05) is 31.9 Å². The number of benzene rings is 2. The van der Waals surface area contributed by atoms with Crippen molar-refractivity contribution in [3.05, 3.63) is 72.6 Å². The number of carbonyl (C=O) groups excluding carboxylic acids is 2. The minimum Gasteiger partial charge on any atom is -0.465 e. The average Bonchev–Trinajstić information content (AvgIpc) is 4.00. The lowest BCUT2D eigenvalue weighted by Crippen LogP contribution is -2.50. The quantitative estimate of drug-likeness (QED) is 0.127. The van der Waals surface area contributed by atoms with Gasteiger partial charge in [-0.2, -0.15) is 0 Å². The van der Waals surface area contributed by atoms with Gasteiger partial charge in [0.05, 0.1) is 41.9 Å². The molecule has 0 unspecified atom stereocenters. The Morgan fingerprint density at radius 3 is 1.68 bits per heavy atom. The van der Waals surface area contributed by atoms with Gasteiger partial charge in [0, 0.05) is 32.3 Å². The molecule has 3 aliphatic heterocycles. The van der Waals surface area contributed by atoms with Crippen LogP contribution in [0.15, 0.2) is 60.9 Å². The van der Waals surface area contributed by atoms with E-state index in [4.69, 9.17) is 9.72 Å². The number of aromatic amines is 2. The lowest BCUT2D eigenvalue weighted by Gasteiger charge is -2.30. The van der Waals surface area contributed by atoms with Crippen molar-refractivity contribution >= 4 is 17.9 Å². The van der Waals surface area contributed by atoms with Crippen LogP contribution >= 0.6 is 0 Å². The summed E-state index contributed by atoms with van der Waals surface area (Å²) in [5, 5.41) is 15.2. The van der Waals surface area contributed by atoms with Crippen molar-refractivity contribution < 1.29 is 24.2 Å². The number of likely N-dealkylation sites (tertiary alicyclic amines) is 2. The van der Waals surface area contributed by atoms with E-state index in [-0.39, 0.29) is 35.9 Å². The Bertz CT molecular complexity index is 1880. The molecule has 0 aliphatic carbocycles. The molecule has 2 aromatic carbocycles. The Hall–Kier alpha value is -5.01. The first-order chi connectivity index (χ1) is 25.7. The topological polar surface area (TPSA) is 169 Å². The van der Waals surface area contributed by atoms with Gasteiger partial charge in [-0.1, -0.05) is 62.4 Å². The van der Waals surface area contributed by atoms with Gasteiger partial charge in [0.2, 0.25) is 11.8 Å². The summed E-state index contributed by atoms with van der Waals surface area (Å²) in [4.78, 5) is 58.2. The number of imidazole rings is 2. The largest absolute Gasteiger partial charge is 0.465 e. The molecule has 4 aromatic rings. The highest BCUT2D eigenvalue weighted by Crippen LogP contribution is 2.35. The zero-order chi connectivity index (χ0) is 37.1. The van der Waals surface area contributed by atoms with Gasteiger partial charge < -0.3 is 40.2 Å². The number of hydrogen-bond donors (Lipinski definition) is 5. The number of H-pyrrole nitrogens is 2. The summed E-state index contributed by atoms with van der Waals surface area (Å²) in [6, 6.07) is 15.6. The van der Waals surface area contributed by atoms with Crippen LogP contribution in [0.1, 0.15) is 83.0 Å². The molecule has 2 aromatic heterocycles. The summed E-state index contributed by atoms with van der Waals surface area (Å²) in [6.45, 7) is 8.42. The van der Waals surface area contributed by atoms with Crippen molar-refractivity contribution in [3.63, 3.8) is 0 Å². The number of hydrogen-bond acceptors (Lipinski definition) is 7. The van der Waals surface area contributed by atoms with Gasteiger partial charge >= 0.3 is 6.09 Å². The summed E-state index contributed by atoms with van der Waals surface area (Å²) in [7, 11) is 0. The van der Waals surface area contributed by atoms with Gasteiger partial charge in [-0.05, 0) is 73.6 Å². The van der Waals surface area contributed by atoms with E-state index in [0.717, 1.165) is 97.7 Å². The zero-order valence-corrected chi connectivity index (χ0v) is 30.7. The third-order valence-electron chi connectivity index (χ3n) is 10.9. The molecule has 0 saturated carbocycles. The first-order valence-electron chi connectivity index (χ1n) is 18.9. The summed E-state index contributed by atoms with van der Waals surface area (Å²) >= 11 is 0. The van der Waals surface area contributed by atoms with E-state index in [1.165, 1.54) is 0 Å². The van der Waals surface area contributed by atoms with Gasteiger partial charge in [-0.25, -0.2) is 14.8 Å². The molecule has 3 aliphatic rings. The second-order valence-corrected chi connectivity index (χ2v) is 14.8. The third kappa shape index (κ3) is 8.01. The standard InChI is InChI=1S/C40H50N8O5/c1-24(2)35(46-40(51)52)39(50)48-19-5-7-34(48)37-42-23-32(45-37)29-14-10-27(11-15-29)26-8-12-28(13-9-26)31-22-41-36(44-31)33-6-4-18-47(33)38(49)25(3)43-30-16-20-53-21-17-30/h8-15,22-25,30,33-35,43,46H,4-7,16-21H2,1-3H3,(H,41,44)(H,42,45)(H,51,52)/t25-,33-,34-,35-/m0/s1. The molecule has 7 rings (SSSR count). The normalized spacial score (nSPS) is 20.5. The van der Waals surface area contributed by atoms with Gasteiger partial charge in [-0.15, -0.1) is 0 Å². The number of ether oxygens (including phenoxy) is 1. The summed E-state index contributed by atoms with van der Waals surface area (Å²) in [5.41, 5.74) is 5.94. The van der Waals surface area contributed by atoms with Crippen molar-refractivity contribution in [1.82, 2.24) is 40.4 Å². The molecule has 13 nitrogen and oxygen atoms in total. The van der Waals surface area contributed by atoms with Crippen LogP contribution in [0, 0.1) is 5.92 Å². The van der Waals surface area contributed by atoms with Crippen LogP contribution in [0.25, 0.3) is 33.6 Å². The Morgan fingerprint density at radius 1 is 0.736 bits per heavy atom. The van der Waals surface area contributed by atoms with Crippen LogP contribution < -0.4 is 10.6 Å². The molecule has 13 heteroatoms. The maximum absolute atomic E-state index is 13.5. The first-order valence-corrected chi connectivity index (χ1v) is 18.9. The lowest BCUT2D eigenvalue weighted by molar-refractivity contribution is -0.135. The van der Waals surface area contributed by atoms with Crippen molar-refractivity contribution in [2.45, 2.75) is 89.5 Å². The molecule has 5 N–H and O–H groups in total. The fraction of sp³-hybridized carbons (Fsp3) is 0.475. The minimum absolute atomic E-state index is 0.0585. The summed E-state index contributed by atoms with van der Waals surface area (Å²) in [5.74, 6) is 1.26. The van der Waals surface area contributed by atoms with E-state index in [1.54, 1.807) is 11.1 Å².